The van der Waals surface area contributed by atoms with Crippen molar-refractivity contribution < 1.29 is 4.79 Å². The van der Waals surface area contributed by atoms with Crippen molar-refractivity contribution in [3.63, 3.8) is 0 Å². The Morgan fingerprint density at radius 1 is 1.20 bits per heavy atom. The van der Waals surface area contributed by atoms with Crippen molar-refractivity contribution in [2.45, 2.75) is 31.3 Å². The number of hydrogen-bond donors (Lipinski definition) is 0. The van der Waals surface area contributed by atoms with Crippen molar-refractivity contribution in [2.75, 3.05) is 12.3 Å². The SMILES string of the molecule is Cc1sc2ncnc(SCC(=O)N3CCc4sccc4[C@@H]3c3ccccc3)c2c1C. The molecular weight excluding hydrogens is 430 g/mol. The van der Waals surface area contributed by atoms with Gasteiger partial charge in [-0.1, -0.05) is 42.1 Å². The topological polar surface area (TPSA) is 46.1 Å². The highest BCUT2D eigenvalue weighted by Crippen LogP contribution is 2.39. The van der Waals surface area contributed by atoms with Crippen molar-refractivity contribution in [2.24, 2.45) is 0 Å². The molecule has 0 radical (unpaired) electrons. The zero-order valence-electron chi connectivity index (χ0n) is 16.8. The lowest BCUT2D eigenvalue weighted by Crippen LogP contribution is -2.41. The van der Waals surface area contributed by atoms with Crippen LogP contribution in [0.4, 0.5) is 0 Å². The maximum Gasteiger partial charge on any atom is 0.233 e. The normalized spacial score (nSPS) is 16.1. The van der Waals surface area contributed by atoms with Crippen molar-refractivity contribution in [3.05, 3.63) is 74.6 Å². The molecule has 1 aliphatic heterocycles. The molecule has 152 valence electrons. The number of thiophene rings is 2. The molecule has 0 fully saturated rings. The van der Waals surface area contributed by atoms with Gasteiger partial charge in [-0.05, 0) is 48.4 Å². The van der Waals surface area contributed by atoms with Gasteiger partial charge in [0.05, 0.1) is 11.8 Å². The Hall–Kier alpha value is -2.22. The van der Waals surface area contributed by atoms with Crippen LogP contribution in [0.2, 0.25) is 0 Å². The van der Waals surface area contributed by atoms with Crippen LogP contribution in [-0.2, 0) is 11.2 Å². The summed E-state index contributed by atoms with van der Waals surface area (Å²) >= 11 is 5.01. The fourth-order valence-corrected chi connectivity index (χ4v) is 6.96. The summed E-state index contributed by atoms with van der Waals surface area (Å²) in [6.45, 7) is 4.97. The summed E-state index contributed by atoms with van der Waals surface area (Å²) in [6.07, 6.45) is 2.53. The zero-order valence-corrected chi connectivity index (χ0v) is 19.2. The van der Waals surface area contributed by atoms with E-state index in [1.807, 2.05) is 23.1 Å². The number of thioether (sulfide) groups is 1. The lowest BCUT2D eigenvalue weighted by molar-refractivity contribution is -0.130. The molecule has 0 saturated heterocycles. The molecule has 1 amide bonds. The largest absolute Gasteiger partial charge is 0.330 e. The summed E-state index contributed by atoms with van der Waals surface area (Å²) in [5, 5.41) is 4.14. The summed E-state index contributed by atoms with van der Waals surface area (Å²) in [7, 11) is 0. The van der Waals surface area contributed by atoms with Gasteiger partial charge in [-0.25, -0.2) is 9.97 Å². The third-order valence-corrected chi connectivity index (χ3v) is 8.75. The minimum atomic E-state index is -0.00940. The van der Waals surface area contributed by atoms with E-state index in [2.05, 4.69) is 47.4 Å². The summed E-state index contributed by atoms with van der Waals surface area (Å²) in [4.78, 5) is 28.0. The first kappa shape index (κ1) is 19.7. The van der Waals surface area contributed by atoms with Gasteiger partial charge in [-0.3, -0.25) is 4.79 Å². The molecule has 7 heteroatoms. The third kappa shape index (κ3) is 3.45. The first-order valence-electron chi connectivity index (χ1n) is 9.87. The van der Waals surface area contributed by atoms with Crippen LogP contribution in [0.3, 0.4) is 0 Å². The van der Waals surface area contributed by atoms with Gasteiger partial charge in [0.2, 0.25) is 5.91 Å². The quantitative estimate of drug-likeness (QED) is 0.298. The molecule has 4 aromatic rings. The molecule has 0 bridgehead atoms. The predicted octanol–water partition coefficient (Wildman–Crippen LogP) is 5.64. The van der Waals surface area contributed by atoms with Crippen molar-refractivity contribution in [1.82, 2.24) is 14.9 Å². The molecular formula is C23H21N3OS3. The summed E-state index contributed by atoms with van der Waals surface area (Å²) in [6, 6.07) is 12.5. The first-order chi connectivity index (χ1) is 14.6. The highest BCUT2D eigenvalue weighted by Gasteiger charge is 2.32. The van der Waals surface area contributed by atoms with Gasteiger partial charge in [-0.2, -0.15) is 0 Å². The van der Waals surface area contributed by atoms with E-state index in [0.29, 0.717) is 5.75 Å². The minimum Gasteiger partial charge on any atom is -0.330 e. The molecule has 0 spiro atoms. The Bertz CT molecular complexity index is 1220. The average molecular weight is 452 g/mol. The number of amides is 1. The number of benzene rings is 1. The number of aryl methyl sites for hydroxylation is 2. The smallest absolute Gasteiger partial charge is 0.233 e. The Morgan fingerprint density at radius 3 is 2.87 bits per heavy atom. The molecule has 4 nitrogen and oxygen atoms in total. The summed E-state index contributed by atoms with van der Waals surface area (Å²) in [5.74, 6) is 0.533. The van der Waals surface area contributed by atoms with Gasteiger partial charge < -0.3 is 4.90 Å². The second-order valence-electron chi connectivity index (χ2n) is 7.38. The number of rotatable bonds is 4. The maximum atomic E-state index is 13.4. The fourth-order valence-electron chi connectivity index (χ4n) is 4.05. The van der Waals surface area contributed by atoms with Gasteiger partial charge in [-0.15, -0.1) is 22.7 Å². The van der Waals surface area contributed by atoms with Gasteiger partial charge in [0.1, 0.15) is 16.2 Å². The van der Waals surface area contributed by atoms with Crippen LogP contribution in [0.25, 0.3) is 10.2 Å². The molecule has 1 aliphatic rings. The van der Waals surface area contributed by atoms with Crippen LogP contribution in [0.5, 0.6) is 0 Å². The first-order valence-corrected chi connectivity index (χ1v) is 12.6. The monoisotopic (exact) mass is 451 g/mol. The molecule has 0 N–H and O–H groups in total. The van der Waals surface area contributed by atoms with E-state index in [9.17, 15) is 4.79 Å². The predicted molar refractivity (Wildman–Crippen MR) is 126 cm³/mol. The molecule has 0 aliphatic carbocycles. The van der Waals surface area contributed by atoms with Crippen LogP contribution in [0, 0.1) is 13.8 Å². The number of carbonyl (C=O) groups excluding carboxylic acids is 1. The van der Waals surface area contributed by atoms with Gasteiger partial charge in [0, 0.05) is 21.7 Å². The van der Waals surface area contributed by atoms with Crippen LogP contribution in [-0.4, -0.2) is 33.1 Å². The van der Waals surface area contributed by atoms with Crippen molar-refractivity contribution >= 4 is 50.6 Å². The second-order valence-corrected chi connectivity index (χ2v) is 10.5. The lowest BCUT2D eigenvalue weighted by atomic mass is 9.93. The lowest BCUT2D eigenvalue weighted by Gasteiger charge is -2.36. The number of fused-ring (bicyclic) bond motifs is 2. The molecule has 3 aromatic heterocycles. The number of nitrogens with zero attached hydrogens (tertiary/aromatic N) is 3. The number of aromatic nitrogens is 2. The van der Waals surface area contributed by atoms with Gasteiger partial charge >= 0.3 is 0 Å². The molecule has 30 heavy (non-hydrogen) atoms. The molecule has 0 saturated carbocycles. The van der Waals surface area contributed by atoms with E-state index >= 15 is 0 Å². The molecule has 4 heterocycles. The third-order valence-electron chi connectivity index (χ3n) is 5.66. The Morgan fingerprint density at radius 2 is 2.03 bits per heavy atom. The van der Waals surface area contributed by atoms with E-state index in [-0.39, 0.29) is 11.9 Å². The van der Waals surface area contributed by atoms with E-state index in [1.54, 1.807) is 29.0 Å². The molecule has 1 aromatic carbocycles. The zero-order chi connectivity index (χ0) is 20.7. The number of hydrogen-bond acceptors (Lipinski definition) is 6. The van der Waals surface area contributed by atoms with E-state index < -0.39 is 0 Å². The molecule has 1 atom stereocenters. The van der Waals surface area contributed by atoms with Gasteiger partial charge in [0.25, 0.3) is 0 Å². The van der Waals surface area contributed by atoms with Crippen LogP contribution in [0.1, 0.15) is 32.5 Å². The average Bonchev–Trinajstić information content (AvgIpc) is 3.36. The standard InChI is InChI=1S/C23H21N3OS3/c1-14-15(2)30-23-20(14)22(24-13-25-23)29-12-19(27)26-10-8-18-17(9-11-28-18)21(26)16-6-4-3-5-7-16/h3-7,9,11,13,21H,8,10,12H2,1-2H3/t21-/m0/s1. The maximum absolute atomic E-state index is 13.4. The highest BCUT2D eigenvalue weighted by molar-refractivity contribution is 8.00. The number of carbonyl (C=O) groups is 1. The van der Waals surface area contributed by atoms with Crippen LogP contribution >= 0.6 is 34.4 Å². The summed E-state index contributed by atoms with van der Waals surface area (Å²) in [5.41, 5.74) is 3.65. The van der Waals surface area contributed by atoms with Crippen molar-refractivity contribution in [3.8, 4) is 0 Å². The Balaban J connectivity index is 1.42. The minimum absolute atomic E-state index is 0.00940. The van der Waals surface area contributed by atoms with Crippen LogP contribution < -0.4 is 0 Å². The van der Waals surface area contributed by atoms with Crippen molar-refractivity contribution in [1.29, 1.82) is 0 Å². The van der Waals surface area contributed by atoms with E-state index in [0.717, 1.165) is 28.2 Å². The highest BCUT2D eigenvalue weighted by atomic mass is 32.2. The van der Waals surface area contributed by atoms with E-state index in [1.165, 1.54) is 38.2 Å². The fraction of sp³-hybridized carbons (Fsp3) is 0.261. The molecule has 5 rings (SSSR count). The molecule has 0 unspecified atom stereocenters. The van der Waals surface area contributed by atoms with E-state index in [4.69, 9.17) is 0 Å². The van der Waals surface area contributed by atoms with Crippen LogP contribution in [0.15, 0.2) is 53.1 Å². The Labute approximate surface area is 188 Å². The Kier molecular flexibility index (Phi) is 5.35. The van der Waals surface area contributed by atoms with Gasteiger partial charge in [0.15, 0.2) is 0 Å². The summed E-state index contributed by atoms with van der Waals surface area (Å²) < 4.78 is 0. The second kappa shape index (κ2) is 8.13.